The Balaban J connectivity index is 1.93. The van der Waals surface area contributed by atoms with Crippen molar-refractivity contribution in [2.75, 3.05) is 13.2 Å². The van der Waals surface area contributed by atoms with Gasteiger partial charge >= 0.3 is 0 Å². The second-order valence-corrected chi connectivity index (χ2v) is 4.76. The first-order valence-electron chi connectivity index (χ1n) is 6.72. The van der Waals surface area contributed by atoms with E-state index in [9.17, 15) is 9.18 Å². The zero-order valence-electron chi connectivity index (χ0n) is 11.3. The van der Waals surface area contributed by atoms with Crippen LogP contribution in [0.15, 0.2) is 30.9 Å². The predicted molar refractivity (Wildman–Crippen MR) is 75.0 cm³/mol. The summed E-state index contributed by atoms with van der Waals surface area (Å²) in [6.45, 7) is 4.22. The third-order valence-corrected chi connectivity index (χ3v) is 3.00. The molecule has 0 bridgehead atoms. The molecule has 2 N–H and O–H groups in total. The van der Waals surface area contributed by atoms with Crippen molar-refractivity contribution < 1.29 is 13.9 Å². The minimum Gasteiger partial charge on any atom is -0.480 e. The van der Waals surface area contributed by atoms with Crippen molar-refractivity contribution in [1.82, 2.24) is 10.6 Å². The summed E-state index contributed by atoms with van der Waals surface area (Å²) in [5, 5.41) is 5.88. The van der Waals surface area contributed by atoms with Crippen molar-refractivity contribution in [3.8, 4) is 5.75 Å². The number of ether oxygens (including phenoxy) is 1. The number of carbonyl (C=O) groups is 1. The highest BCUT2D eigenvalue weighted by Crippen LogP contribution is 2.25. The van der Waals surface area contributed by atoms with E-state index in [1.807, 2.05) is 0 Å². The standard InChI is InChI=1S/C15H19FN2O2/c1-2-8-17-14(19)10-20-15-11(4-3-5-13(15)16)9-18-12-6-7-12/h2-5,12,18H,1,6-10H2,(H,17,19). The molecule has 4 nitrogen and oxygen atoms in total. The summed E-state index contributed by atoms with van der Waals surface area (Å²) in [5.74, 6) is -0.597. The normalized spacial score (nSPS) is 13.8. The number of para-hydroxylation sites is 1. The maximum atomic E-state index is 13.8. The van der Waals surface area contributed by atoms with Crippen LogP contribution < -0.4 is 15.4 Å². The summed E-state index contributed by atoms with van der Waals surface area (Å²) in [5.41, 5.74) is 0.730. The van der Waals surface area contributed by atoms with Gasteiger partial charge in [-0.25, -0.2) is 4.39 Å². The molecule has 0 saturated heterocycles. The largest absolute Gasteiger partial charge is 0.480 e. The van der Waals surface area contributed by atoms with Gasteiger partial charge in [-0.15, -0.1) is 6.58 Å². The van der Waals surface area contributed by atoms with Crippen molar-refractivity contribution >= 4 is 5.91 Å². The molecule has 1 saturated carbocycles. The van der Waals surface area contributed by atoms with Crippen LogP contribution in [0, 0.1) is 5.82 Å². The molecule has 108 valence electrons. The Labute approximate surface area is 118 Å². The molecule has 1 aromatic rings. The zero-order chi connectivity index (χ0) is 14.4. The monoisotopic (exact) mass is 278 g/mol. The molecule has 2 rings (SSSR count). The van der Waals surface area contributed by atoms with Gasteiger partial charge in [-0.05, 0) is 18.9 Å². The average molecular weight is 278 g/mol. The third kappa shape index (κ3) is 4.35. The summed E-state index contributed by atoms with van der Waals surface area (Å²) in [4.78, 5) is 11.5. The highest BCUT2D eigenvalue weighted by Gasteiger charge is 2.21. The zero-order valence-corrected chi connectivity index (χ0v) is 11.3. The van der Waals surface area contributed by atoms with Crippen LogP contribution in [-0.4, -0.2) is 25.1 Å². The van der Waals surface area contributed by atoms with Crippen LogP contribution in [0.3, 0.4) is 0 Å². The second-order valence-electron chi connectivity index (χ2n) is 4.76. The minimum absolute atomic E-state index is 0.148. The highest BCUT2D eigenvalue weighted by atomic mass is 19.1. The van der Waals surface area contributed by atoms with Crippen molar-refractivity contribution in [2.24, 2.45) is 0 Å². The van der Waals surface area contributed by atoms with E-state index in [1.165, 1.54) is 6.07 Å². The van der Waals surface area contributed by atoms with E-state index in [0.29, 0.717) is 19.1 Å². The molecule has 1 fully saturated rings. The molecule has 5 heteroatoms. The molecule has 20 heavy (non-hydrogen) atoms. The van der Waals surface area contributed by atoms with Gasteiger partial charge < -0.3 is 15.4 Å². The molecule has 0 radical (unpaired) electrons. The lowest BCUT2D eigenvalue weighted by Crippen LogP contribution is -2.29. The van der Waals surface area contributed by atoms with Gasteiger partial charge in [0, 0.05) is 24.7 Å². The lowest BCUT2D eigenvalue weighted by molar-refractivity contribution is -0.122. The lowest BCUT2D eigenvalue weighted by Gasteiger charge is -2.12. The molecule has 1 aliphatic rings. The summed E-state index contributed by atoms with van der Waals surface area (Å²) in [7, 11) is 0. The maximum Gasteiger partial charge on any atom is 0.258 e. The molecule has 1 amide bonds. The van der Waals surface area contributed by atoms with E-state index in [-0.39, 0.29) is 18.3 Å². The predicted octanol–water partition coefficient (Wildman–Crippen LogP) is 1.76. The molecule has 1 aromatic carbocycles. The molecular weight excluding hydrogens is 259 g/mol. The second kappa shape index (κ2) is 7.05. The molecule has 0 spiro atoms. The number of amides is 1. The number of hydrogen-bond acceptors (Lipinski definition) is 3. The van der Waals surface area contributed by atoms with E-state index >= 15 is 0 Å². The van der Waals surface area contributed by atoms with Gasteiger partial charge in [0.05, 0.1) is 0 Å². The Hall–Kier alpha value is -1.88. The molecule has 0 unspecified atom stereocenters. The number of rotatable bonds is 8. The minimum atomic E-state index is -0.448. The lowest BCUT2D eigenvalue weighted by atomic mass is 10.2. The fourth-order valence-electron chi connectivity index (χ4n) is 1.77. The summed E-state index contributed by atoms with van der Waals surface area (Å²) in [6.07, 6.45) is 3.90. The first-order valence-corrected chi connectivity index (χ1v) is 6.72. The molecule has 0 atom stereocenters. The average Bonchev–Trinajstić information content (AvgIpc) is 3.26. The number of carbonyl (C=O) groups excluding carboxylic acids is 1. The smallest absolute Gasteiger partial charge is 0.258 e. The van der Waals surface area contributed by atoms with Crippen LogP contribution in [0.4, 0.5) is 4.39 Å². The van der Waals surface area contributed by atoms with Gasteiger partial charge in [0.25, 0.3) is 5.91 Å². The van der Waals surface area contributed by atoms with Crippen molar-refractivity contribution in [1.29, 1.82) is 0 Å². The Kier molecular flexibility index (Phi) is 5.12. The van der Waals surface area contributed by atoms with Crippen LogP contribution >= 0.6 is 0 Å². The Morgan fingerprint density at radius 3 is 3.00 bits per heavy atom. The van der Waals surface area contributed by atoms with E-state index in [4.69, 9.17) is 4.74 Å². The third-order valence-electron chi connectivity index (χ3n) is 3.00. The molecular formula is C15H19FN2O2. The SMILES string of the molecule is C=CCNC(=O)COc1c(F)cccc1CNC1CC1. The van der Waals surface area contributed by atoms with Gasteiger partial charge in [-0.3, -0.25) is 4.79 Å². The van der Waals surface area contributed by atoms with Gasteiger partial charge in [-0.1, -0.05) is 18.2 Å². The molecule has 0 aliphatic heterocycles. The van der Waals surface area contributed by atoms with Crippen LogP contribution in [0.25, 0.3) is 0 Å². The van der Waals surface area contributed by atoms with Gasteiger partial charge in [-0.2, -0.15) is 0 Å². The Morgan fingerprint density at radius 2 is 2.30 bits per heavy atom. The fraction of sp³-hybridized carbons (Fsp3) is 0.400. The van der Waals surface area contributed by atoms with Crippen molar-refractivity contribution in [3.63, 3.8) is 0 Å². The number of nitrogens with one attached hydrogen (secondary N) is 2. The Morgan fingerprint density at radius 1 is 1.50 bits per heavy atom. The van der Waals surface area contributed by atoms with E-state index in [2.05, 4.69) is 17.2 Å². The van der Waals surface area contributed by atoms with Crippen LogP contribution in [0.1, 0.15) is 18.4 Å². The summed E-state index contributed by atoms with van der Waals surface area (Å²) >= 11 is 0. The molecule has 1 aliphatic carbocycles. The highest BCUT2D eigenvalue weighted by molar-refractivity contribution is 5.77. The topological polar surface area (TPSA) is 50.4 Å². The van der Waals surface area contributed by atoms with E-state index < -0.39 is 5.82 Å². The van der Waals surface area contributed by atoms with Gasteiger partial charge in [0.15, 0.2) is 18.2 Å². The number of hydrogen-bond donors (Lipinski definition) is 2. The van der Waals surface area contributed by atoms with Crippen molar-refractivity contribution in [3.05, 3.63) is 42.2 Å². The van der Waals surface area contributed by atoms with Gasteiger partial charge in [0.2, 0.25) is 0 Å². The van der Waals surface area contributed by atoms with Crippen molar-refractivity contribution in [2.45, 2.75) is 25.4 Å². The summed E-state index contributed by atoms with van der Waals surface area (Å²) in [6, 6.07) is 5.30. The number of benzene rings is 1. The first kappa shape index (κ1) is 14.5. The van der Waals surface area contributed by atoms with Gasteiger partial charge in [0.1, 0.15) is 0 Å². The number of halogens is 1. The maximum absolute atomic E-state index is 13.8. The van der Waals surface area contributed by atoms with Crippen LogP contribution in [0.5, 0.6) is 5.75 Å². The molecule has 0 heterocycles. The van der Waals surface area contributed by atoms with E-state index in [0.717, 1.165) is 18.4 Å². The quantitative estimate of drug-likeness (QED) is 0.712. The van der Waals surface area contributed by atoms with E-state index in [1.54, 1.807) is 18.2 Å². The van der Waals surface area contributed by atoms with Crippen LogP contribution in [0.2, 0.25) is 0 Å². The van der Waals surface area contributed by atoms with Crippen LogP contribution in [-0.2, 0) is 11.3 Å². The summed E-state index contributed by atoms with van der Waals surface area (Å²) < 4.78 is 19.1. The Bertz CT molecular complexity index is 487. The fourth-order valence-corrected chi connectivity index (χ4v) is 1.77. The first-order chi connectivity index (χ1) is 9.70. The molecule has 0 aromatic heterocycles.